The number of halogens is 2. The fourth-order valence-corrected chi connectivity index (χ4v) is 2.96. The average Bonchev–Trinajstić information content (AvgIpc) is 2.64. The van der Waals surface area contributed by atoms with Crippen molar-refractivity contribution in [3.63, 3.8) is 0 Å². The second kappa shape index (κ2) is 10.8. The molecule has 1 aliphatic heterocycles. The number of methoxy groups -OCH3 is 1. The number of piperidine rings is 1. The number of ether oxygens (including phenoxy) is 2. The molecule has 0 atom stereocenters. The molecule has 1 amide bonds. The summed E-state index contributed by atoms with van der Waals surface area (Å²) < 4.78 is 34.7. The van der Waals surface area contributed by atoms with Crippen molar-refractivity contribution in [3.05, 3.63) is 29.8 Å². The molecule has 2 rings (SSSR count). The summed E-state index contributed by atoms with van der Waals surface area (Å²) in [4.78, 5) is 14.3. The van der Waals surface area contributed by atoms with Gasteiger partial charge in [0.15, 0.2) is 11.5 Å². The van der Waals surface area contributed by atoms with E-state index in [1.165, 1.54) is 44.6 Å². The van der Waals surface area contributed by atoms with Crippen molar-refractivity contribution in [2.75, 3.05) is 33.3 Å². The van der Waals surface area contributed by atoms with E-state index < -0.39 is 6.61 Å². The molecule has 0 spiro atoms. The van der Waals surface area contributed by atoms with Crippen molar-refractivity contribution in [2.24, 2.45) is 0 Å². The van der Waals surface area contributed by atoms with Crippen LogP contribution in [0.15, 0.2) is 24.3 Å². The minimum absolute atomic E-state index is 0.0841. The molecule has 1 fully saturated rings. The number of carbonyl (C=O) groups excluding carboxylic acids is 1. The van der Waals surface area contributed by atoms with Crippen molar-refractivity contribution in [2.45, 2.75) is 32.3 Å². The van der Waals surface area contributed by atoms with Crippen LogP contribution in [-0.4, -0.2) is 50.7 Å². The highest BCUT2D eigenvalue weighted by Crippen LogP contribution is 2.33. The smallest absolute Gasteiger partial charge is 0.387 e. The number of alkyl halides is 2. The number of hydrogen-bond acceptors (Lipinski definition) is 4. The van der Waals surface area contributed by atoms with Crippen LogP contribution in [0.25, 0.3) is 6.08 Å². The molecule has 0 radical (unpaired) electrons. The van der Waals surface area contributed by atoms with Gasteiger partial charge < -0.3 is 19.7 Å². The van der Waals surface area contributed by atoms with E-state index in [2.05, 4.69) is 15.0 Å². The van der Waals surface area contributed by atoms with Gasteiger partial charge in [-0.2, -0.15) is 8.78 Å². The standard InChI is InChI=1S/C19H26F2N2O3/c1-25-16-8-5-7-15(18(16)26-19(20)21)9-10-17(24)22-11-6-14-23-12-3-2-4-13-23/h5,7-10,19H,2-4,6,11-14H2,1H3,(H,22,24)/b10-9+. The molecule has 1 saturated heterocycles. The van der Waals surface area contributed by atoms with Crippen LogP contribution >= 0.6 is 0 Å². The van der Waals surface area contributed by atoms with E-state index in [4.69, 9.17) is 4.74 Å². The molecule has 0 aliphatic carbocycles. The average molecular weight is 368 g/mol. The summed E-state index contributed by atoms with van der Waals surface area (Å²) in [5, 5.41) is 2.81. The Hall–Kier alpha value is -2.15. The first-order chi connectivity index (χ1) is 12.6. The number of amides is 1. The number of rotatable bonds is 9. The minimum Gasteiger partial charge on any atom is -0.493 e. The van der Waals surface area contributed by atoms with Gasteiger partial charge in [-0.1, -0.05) is 18.6 Å². The highest BCUT2D eigenvalue weighted by molar-refractivity contribution is 5.92. The molecule has 26 heavy (non-hydrogen) atoms. The van der Waals surface area contributed by atoms with E-state index in [1.54, 1.807) is 12.1 Å². The Morgan fingerprint density at radius 3 is 2.77 bits per heavy atom. The summed E-state index contributed by atoms with van der Waals surface area (Å²) in [5.41, 5.74) is 0.355. The maximum absolute atomic E-state index is 12.6. The van der Waals surface area contributed by atoms with Crippen LogP contribution in [0.1, 0.15) is 31.2 Å². The lowest BCUT2D eigenvalue weighted by Crippen LogP contribution is -2.33. The fraction of sp³-hybridized carbons (Fsp3) is 0.526. The van der Waals surface area contributed by atoms with Gasteiger partial charge in [-0.05, 0) is 51.0 Å². The first-order valence-corrected chi connectivity index (χ1v) is 8.90. The van der Waals surface area contributed by atoms with E-state index in [0.717, 1.165) is 26.1 Å². The Bertz CT molecular complexity index is 602. The molecule has 0 unspecified atom stereocenters. The predicted octanol–water partition coefficient (Wildman–Crippen LogP) is 3.30. The minimum atomic E-state index is -2.97. The van der Waals surface area contributed by atoms with Crippen LogP contribution in [0.4, 0.5) is 8.78 Å². The Morgan fingerprint density at radius 2 is 2.08 bits per heavy atom. The van der Waals surface area contributed by atoms with Crippen LogP contribution in [0.3, 0.4) is 0 Å². The number of nitrogens with one attached hydrogen (secondary N) is 1. The number of para-hydroxylation sites is 1. The van der Waals surface area contributed by atoms with Gasteiger partial charge in [-0.15, -0.1) is 0 Å². The van der Waals surface area contributed by atoms with Crippen LogP contribution in [0.5, 0.6) is 11.5 Å². The van der Waals surface area contributed by atoms with Crippen molar-refractivity contribution in [1.29, 1.82) is 0 Å². The van der Waals surface area contributed by atoms with E-state index in [-0.39, 0.29) is 17.4 Å². The second-order valence-electron chi connectivity index (χ2n) is 6.14. The summed E-state index contributed by atoms with van der Waals surface area (Å²) in [7, 11) is 1.37. The van der Waals surface area contributed by atoms with E-state index >= 15 is 0 Å². The second-order valence-corrected chi connectivity index (χ2v) is 6.14. The van der Waals surface area contributed by atoms with Crippen LogP contribution < -0.4 is 14.8 Å². The summed E-state index contributed by atoms with van der Waals surface area (Å²) in [6, 6.07) is 4.75. The van der Waals surface area contributed by atoms with E-state index in [0.29, 0.717) is 12.1 Å². The third-order valence-electron chi connectivity index (χ3n) is 4.25. The van der Waals surface area contributed by atoms with E-state index in [9.17, 15) is 13.6 Å². The highest BCUT2D eigenvalue weighted by Gasteiger charge is 2.14. The van der Waals surface area contributed by atoms with Crippen LogP contribution in [0, 0.1) is 0 Å². The van der Waals surface area contributed by atoms with E-state index in [1.807, 2.05) is 0 Å². The first kappa shape index (κ1) is 20.2. The predicted molar refractivity (Wildman–Crippen MR) is 96.6 cm³/mol. The quantitative estimate of drug-likeness (QED) is 0.537. The third-order valence-corrected chi connectivity index (χ3v) is 4.25. The highest BCUT2D eigenvalue weighted by atomic mass is 19.3. The molecule has 0 bridgehead atoms. The Morgan fingerprint density at radius 1 is 1.31 bits per heavy atom. The first-order valence-electron chi connectivity index (χ1n) is 8.90. The van der Waals surface area contributed by atoms with Crippen molar-refractivity contribution < 1.29 is 23.0 Å². The lowest BCUT2D eigenvalue weighted by Gasteiger charge is -2.26. The molecule has 5 nitrogen and oxygen atoms in total. The van der Waals surface area contributed by atoms with Crippen molar-refractivity contribution in [3.8, 4) is 11.5 Å². The molecule has 1 heterocycles. The third kappa shape index (κ3) is 6.63. The van der Waals surface area contributed by atoms with Gasteiger partial charge in [0.25, 0.3) is 0 Å². The zero-order valence-corrected chi connectivity index (χ0v) is 15.0. The molecule has 144 valence electrons. The SMILES string of the molecule is COc1cccc(/C=C/C(=O)NCCCN2CCCCC2)c1OC(F)F. The maximum atomic E-state index is 12.6. The monoisotopic (exact) mass is 368 g/mol. The van der Waals surface area contributed by atoms with Gasteiger partial charge in [0.2, 0.25) is 5.91 Å². The zero-order valence-electron chi connectivity index (χ0n) is 15.0. The molecule has 1 aliphatic rings. The lowest BCUT2D eigenvalue weighted by atomic mass is 10.1. The van der Waals surface area contributed by atoms with Gasteiger partial charge >= 0.3 is 6.61 Å². The summed E-state index contributed by atoms with van der Waals surface area (Å²) in [6.45, 7) is 0.861. The number of benzene rings is 1. The summed E-state index contributed by atoms with van der Waals surface area (Å²) in [6.07, 6.45) is 7.45. The number of hydrogen-bond donors (Lipinski definition) is 1. The molecule has 1 aromatic carbocycles. The topological polar surface area (TPSA) is 50.8 Å². The largest absolute Gasteiger partial charge is 0.493 e. The molecule has 0 saturated carbocycles. The summed E-state index contributed by atoms with van der Waals surface area (Å²) in [5.74, 6) is -0.164. The Labute approximate surface area is 153 Å². The zero-order chi connectivity index (χ0) is 18.8. The maximum Gasteiger partial charge on any atom is 0.387 e. The molecule has 1 aromatic rings. The normalized spacial score (nSPS) is 15.4. The van der Waals surface area contributed by atoms with Crippen molar-refractivity contribution in [1.82, 2.24) is 10.2 Å². The Balaban J connectivity index is 1.83. The van der Waals surface area contributed by atoms with Gasteiger partial charge in [0, 0.05) is 18.2 Å². The lowest BCUT2D eigenvalue weighted by molar-refractivity contribution is -0.116. The van der Waals surface area contributed by atoms with Crippen molar-refractivity contribution >= 4 is 12.0 Å². The summed E-state index contributed by atoms with van der Waals surface area (Å²) >= 11 is 0. The Kier molecular flexibility index (Phi) is 8.34. The molecular weight excluding hydrogens is 342 g/mol. The molecule has 1 N–H and O–H groups in total. The van der Waals surface area contributed by atoms with Gasteiger partial charge in [-0.3, -0.25) is 4.79 Å². The molecule has 7 heteroatoms. The van der Waals surface area contributed by atoms with Gasteiger partial charge in [0.05, 0.1) is 7.11 Å². The fourth-order valence-electron chi connectivity index (χ4n) is 2.96. The number of carbonyl (C=O) groups is 1. The van der Waals surface area contributed by atoms with Gasteiger partial charge in [-0.25, -0.2) is 0 Å². The van der Waals surface area contributed by atoms with Crippen LogP contribution in [-0.2, 0) is 4.79 Å². The van der Waals surface area contributed by atoms with Crippen LogP contribution in [0.2, 0.25) is 0 Å². The number of nitrogens with zero attached hydrogens (tertiary/aromatic N) is 1. The molecular formula is C19H26F2N2O3. The number of likely N-dealkylation sites (tertiary alicyclic amines) is 1. The van der Waals surface area contributed by atoms with Gasteiger partial charge in [0.1, 0.15) is 0 Å². The molecule has 0 aromatic heterocycles.